The van der Waals surface area contributed by atoms with Crippen molar-refractivity contribution in [1.29, 1.82) is 0 Å². The van der Waals surface area contributed by atoms with Gasteiger partial charge in [-0.2, -0.15) is 0 Å². The standard InChI is InChI=1S/C15H29NO/c1-11(2)13-8-15(17,9-13)14(10-16)6-4-12(3)5-7-14/h11-13,17H,4-10,16H2,1-3H3. The van der Waals surface area contributed by atoms with Gasteiger partial charge >= 0.3 is 0 Å². The van der Waals surface area contributed by atoms with Crippen molar-refractivity contribution in [2.45, 2.75) is 64.9 Å². The van der Waals surface area contributed by atoms with Crippen molar-refractivity contribution < 1.29 is 5.11 Å². The van der Waals surface area contributed by atoms with Crippen LogP contribution in [0.1, 0.15) is 59.3 Å². The first kappa shape index (κ1) is 13.4. The summed E-state index contributed by atoms with van der Waals surface area (Å²) < 4.78 is 0. The van der Waals surface area contributed by atoms with Crippen LogP contribution < -0.4 is 5.73 Å². The normalized spacial score (nSPS) is 46.9. The largest absolute Gasteiger partial charge is 0.389 e. The summed E-state index contributed by atoms with van der Waals surface area (Å²) in [5, 5.41) is 10.9. The van der Waals surface area contributed by atoms with Crippen molar-refractivity contribution in [3.63, 3.8) is 0 Å². The van der Waals surface area contributed by atoms with E-state index >= 15 is 0 Å². The van der Waals surface area contributed by atoms with Gasteiger partial charge in [0, 0.05) is 12.0 Å². The van der Waals surface area contributed by atoms with Gasteiger partial charge in [0.15, 0.2) is 0 Å². The van der Waals surface area contributed by atoms with Crippen LogP contribution in [0.15, 0.2) is 0 Å². The molecule has 2 aliphatic rings. The summed E-state index contributed by atoms with van der Waals surface area (Å²) in [6.45, 7) is 7.52. The molecule has 0 unspecified atom stereocenters. The van der Waals surface area contributed by atoms with Gasteiger partial charge in [-0.05, 0) is 43.4 Å². The molecular formula is C15H29NO. The van der Waals surface area contributed by atoms with E-state index < -0.39 is 5.60 Å². The van der Waals surface area contributed by atoms with Crippen LogP contribution in [0.3, 0.4) is 0 Å². The van der Waals surface area contributed by atoms with Gasteiger partial charge < -0.3 is 10.8 Å². The molecule has 0 radical (unpaired) electrons. The van der Waals surface area contributed by atoms with Crippen molar-refractivity contribution in [2.24, 2.45) is 28.9 Å². The molecule has 17 heavy (non-hydrogen) atoms. The van der Waals surface area contributed by atoms with Gasteiger partial charge in [-0.25, -0.2) is 0 Å². The Kier molecular flexibility index (Phi) is 3.57. The molecule has 0 bridgehead atoms. The number of hydrogen-bond acceptors (Lipinski definition) is 2. The maximum atomic E-state index is 10.9. The van der Waals surface area contributed by atoms with E-state index in [2.05, 4.69) is 20.8 Å². The SMILES string of the molecule is CC1CCC(CN)(C2(O)CC(C(C)C)C2)CC1. The van der Waals surface area contributed by atoms with Crippen LogP contribution in [0.2, 0.25) is 0 Å². The Morgan fingerprint density at radius 3 is 2.18 bits per heavy atom. The molecule has 2 saturated carbocycles. The van der Waals surface area contributed by atoms with E-state index in [4.69, 9.17) is 5.73 Å². The zero-order valence-corrected chi connectivity index (χ0v) is 11.7. The average molecular weight is 239 g/mol. The highest BCUT2D eigenvalue weighted by molar-refractivity contribution is 5.09. The molecule has 0 aromatic rings. The van der Waals surface area contributed by atoms with Crippen LogP contribution in [0, 0.1) is 23.2 Å². The van der Waals surface area contributed by atoms with Gasteiger partial charge in [0.2, 0.25) is 0 Å². The third-order valence-electron chi connectivity index (χ3n) is 5.75. The molecule has 0 aromatic heterocycles. The second-order valence-corrected chi connectivity index (χ2v) is 7.11. The predicted octanol–water partition coefficient (Wildman–Crippen LogP) is 2.94. The molecule has 2 fully saturated rings. The van der Waals surface area contributed by atoms with Crippen LogP contribution in [0.4, 0.5) is 0 Å². The van der Waals surface area contributed by atoms with Gasteiger partial charge in [-0.1, -0.05) is 33.6 Å². The van der Waals surface area contributed by atoms with E-state index in [-0.39, 0.29) is 5.41 Å². The summed E-state index contributed by atoms with van der Waals surface area (Å²) >= 11 is 0. The van der Waals surface area contributed by atoms with E-state index in [0.29, 0.717) is 18.4 Å². The van der Waals surface area contributed by atoms with Gasteiger partial charge in [-0.3, -0.25) is 0 Å². The minimum Gasteiger partial charge on any atom is -0.389 e. The van der Waals surface area contributed by atoms with E-state index in [0.717, 1.165) is 31.6 Å². The molecule has 0 atom stereocenters. The molecule has 0 saturated heterocycles. The molecule has 2 rings (SSSR count). The summed E-state index contributed by atoms with van der Waals surface area (Å²) in [7, 11) is 0. The molecule has 2 nitrogen and oxygen atoms in total. The molecule has 0 aliphatic heterocycles. The third kappa shape index (κ3) is 2.15. The number of nitrogens with two attached hydrogens (primary N) is 1. The number of rotatable bonds is 3. The molecule has 0 amide bonds. The highest BCUT2D eigenvalue weighted by atomic mass is 16.3. The first-order chi connectivity index (χ1) is 7.92. The van der Waals surface area contributed by atoms with Crippen LogP contribution >= 0.6 is 0 Å². The quantitative estimate of drug-likeness (QED) is 0.795. The minimum absolute atomic E-state index is 0.0326. The van der Waals surface area contributed by atoms with Crippen molar-refractivity contribution in [2.75, 3.05) is 6.54 Å². The maximum absolute atomic E-state index is 10.9. The molecule has 3 N–H and O–H groups in total. The highest BCUT2D eigenvalue weighted by Crippen LogP contribution is 2.57. The van der Waals surface area contributed by atoms with Gasteiger partial charge in [0.25, 0.3) is 0 Å². The third-order valence-corrected chi connectivity index (χ3v) is 5.75. The second kappa shape index (κ2) is 4.55. The fourth-order valence-electron chi connectivity index (χ4n) is 3.89. The molecule has 100 valence electrons. The smallest absolute Gasteiger partial charge is 0.0721 e. The van der Waals surface area contributed by atoms with Gasteiger partial charge in [-0.15, -0.1) is 0 Å². The summed E-state index contributed by atoms with van der Waals surface area (Å²) in [6, 6.07) is 0. The first-order valence-corrected chi connectivity index (χ1v) is 7.35. The molecule has 0 heterocycles. The molecule has 2 heteroatoms. The number of aliphatic hydroxyl groups is 1. The fourth-order valence-corrected chi connectivity index (χ4v) is 3.89. The minimum atomic E-state index is -0.448. The Hall–Kier alpha value is -0.0800. The second-order valence-electron chi connectivity index (χ2n) is 7.11. The van der Waals surface area contributed by atoms with E-state index in [9.17, 15) is 5.11 Å². The van der Waals surface area contributed by atoms with Crippen LogP contribution in [-0.4, -0.2) is 17.3 Å². The lowest BCUT2D eigenvalue weighted by Crippen LogP contribution is -2.61. The maximum Gasteiger partial charge on any atom is 0.0721 e. The molecule has 0 spiro atoms. The van der Waals surface area contributed by atoms with Crippen molar-refractivity contribution in [3.05, 3.63) is 0 Å². The summed E-state index contributed by atoms with van der Waals surface area (Å²) in [5.41, 5.74) is 5.63. The Balaban J connectivity index is 2.04. The average Bonchev–Trinajstić information content (AvgIpc) is 2.26. The summed E-state index contributed by atoms with van der Waals surface area (Å²) in [4.78, 5) is 0. The van der Waals surface area contributed by atoms with Crippen molar-refractivity contribution >= 4 is 0 Å². The molecule has 2 aliphatic carbocycles. The summed E-state index contributed by atoms with van der Waals surface area (Å²) in [5.74, 6) is 2.23. The predicted molar refractivity (Wildman–Crippen MR) is 71.6 cm³/mol. The van der Waals surface area contributed by atoms with Crippen molar-refractivity contribution in [3.8, 4) is 0 Å². The van der Waals surface area contributed by atoms with Crippen LogP contribution in [-0.2, 0) is 0 Å². The molecular weight excluding hydrogens is 210 g/mol. The fraction of sp³-hybridized carbons (Fsp3) is 1.00. The van der Waals surface area contributed by atoms with Crippen LogP contribution in [0.25, 0.3) is 0 Å². The Bertz CT molecular complexity index is 260. The topological polar surface area (TPSA) is 46.2 Å². The van der Waals surface area contributed by atoms with Crippen LogP contribution in [0.5, 0.6) is 0 Å². The first-order valence-electron chi connectivity index (χ1n) is 7.35. The zero-order valence-electron chi connectivity index (χ0n) is 11.7. The van der Waals surface area contributed by atoms with Crippen molar-refractivity contribution in [1.82, 2.24) is 0 Å². The Labute approximate surface area is 106 Å². The Morgan fingerprint density at radius 1 is 1.24 bits per heavy atom. The number of hydrogen-bond donors (Lipinski definition) is 2. The summed E-state index contributed by atoms with van der Waals surface area (Å²) in [6.07, 6.45) is 6.71. The Morgan fingerprint density at radius 2 is 1.76 bits per heavy atom. The monoisotopic (exact) mass is 239 g/mol. The van der Waals surface area contributed by atoms with Gasteiger partial charge in [0.1, 0.15) is 0 Å². The lowest BCUT2D eigenvalue weighted by atomic mass is 9.50. The highest BCUT2D eigenvalue weighted by Gasteiger charge is 2.57. The van der Waals surface area contributed by atoms with E-state index in [1.807, 2.05) is 0 Å². The lowest BCUT2D eigenvalue weighted by molar-refractivity contribution is -0.186. The van der Waals surface area contributed by atoms with E-state index in [1.165, 1.54) is 12.8 Å². The molecule has 0 aromatic carbocycles. The lowest BCUT2D eigenvalue weighted by Gasteiger charge is -2.58. The zero-order chi connectivity index (χ0) is 12.7. The van der Waals surface area contributed by atoms with Gasteiger partial charge in [0.05, 0.1) is 5.60 Å². The van der Waals surface area contributed by atoms with E-state index in [1.54, 1.807) is 0 Å².